The van der Waals surface area contributed by atoms with Gasteiger partial charge in [-0.3, -0.25) is 0 Å². The topological polar surface area (TPSA) is 30.5 Å². The second-order valence-corrected chi connectivity index (χ2v) is 4.77. The van der Waals surface area contributed by atoms with Crippen LogP contribution in [0.1, 0.15) is 24.1 Å². The number of hydrogen-bond donors (Lipinski definition) is 1. The van der Waals surface area contributed by atoms with E-state index in [-0.39, 0.29) is 11.9 Å². The first-order valence-electron chi connectivity index (χ1n) is 6.85. The summed E-state index contributed by atoms with van der Waals surface area (Å²) >= 11 is 0. The minimum Gasteiger partial charge on any atom is -0.496 e. The van der Waals surface area contributed by atoms with Crippen LogP contribution in [0.25, 0.3) is 0 Å². The molecule has 0 saturated heterocycles. The maximum Gasteiger partial charge on any atom is 0.131 e. The Labute approximate surface area is 124 Å². The normalized spacial score (nSPS) is 12.0. The van der Waals surface area contributed by atoms with Gasteiger partial charge in [-0.15, -0.1) is 0 Å². The SMILES string of the molecule is COc1ccccc1CNC(C)c1c(F)cccc1OC. The minimum atomic E-state index is -0.269. The van der Waals surface area contributed by atoms with Crippen molar-refractivity contribution in [1.29, 1.82) is 0 Å². The van der Waals surface area contributed by atoms with Crippen LogP contribution in [0.15, 0.2) is 42.5 Å². The number of para-hydroxylation sites is 1. The van der Waals surface area contributed by atoms with E-state index in [1.54, 1.807) is 26.4 Å². The molecule has 1 unspecified atom stereocenters. The fraction of sp³-hybridized carbons (Fsp3) is 0.294. The largest absolute Gasteiger partial charge is 0.496 e. The molecule has 112 valence electrons. The zero-order valence-electron chi connectivity index (χ0n) is 12.5. The van der Waals surface area contributed by atoms with E-state index in [1.807, 2.05) is 31.2 Å². The van der Waals surface area contributed by atoms with Crippen molar-refractivity contribution >= 4 is 0 Å². The second-order valence-electron chi connectivity index (χ2n) is 4.77. The molecule has 0 spiro atoms. The van der Waals surface area contributed by atoms with E-state index in [9.17, 15) is 4.39 Å². The molecule has 0 aliphatic carbocycles. The molecule has 2 rings (SSSR count). The Bertz CT molecular complexity index is 601. The molecule has 0 saturated carbocycles. The number of hydrogen-bond acceptors (Lipinski definition) is 3. The van der Waals surface area contributed by atoms with Gasteiger partial charge in [-0.2, -0.15) is 0 Å². The lowest BCUT2D eigenvalue weighted by molar-refractivity contribution is 0.390. The van der Waals surface area contributed by atoms with Crippen LogP contribution in [-0.4, -0.2) is 14.2 Å². The average Bonchev–Trinajstić information content (AvgIpc) is 2.52. The van der Waals surface area contributed by atoms with Gasteiger partial charge in [-0.1, -0.05) is 24.3 Å². The van der Waals surface area contributed by atoms with Gasteiger partial charge in [0.05, 0.1) is 14.2 Å². The second kappa shape index (κ2) is 7.09. The highest BCUT2D eigenvalue weighted by atomic mass is 19.1. The Balaban J connectivity index is 2.14. The predicted octanol–water partition coefficient (Wildman–Crippen LogP) is 3.69. The molecule has 4 heteroatoms. The number of ether oxygens (including phenoxy) is 2. The van der Waals surface area contributed by atoms with E-state index < -0.39 is 0 Å². The molecule has 21 heavy (non-hydrogen) atoms. The summed E-state index contributed by atoms with van der Waals surface area (Å²) in [5.74, 6) is 1.10. The van der Waals surface area contributed by atoms with Crippen molar-refractivity contribution in [2.45, 2.75) is 19.5 Å². The number of methoxy groups -OCH3 is 2. The van der Waals surface area contributed by atoms with E-state index in [0.717, 1.165) is 11.3 Å². The Morgan fingerprint density at radius 1 is 1.00 bits per heavy atom. The summed E-state index contributed by atoms with van der Waals surface area (Å²) < 4.78 is 24.6. The monoisotopic (exact) mass is 289 g/mol. The highest BCUT2D eigenvalue weighted by molar-refractivity contribution is 5.37. The van der Waals surface area contributed by atoms with E-state index in [2.05, 4.69) is 5.32 Å². The van der Waals surface area contributed by atoms with Gasteiger partial charge in [0.1, 0.15) is 17.3 Å². The first kappa shape index (κ1) is 15.3. The number of rotatable bonds is 6. The van der Waals surface area contributed by atoms with Gasteiger partial charge in [0, 0.05) is 23.7 Å². The summed E-state index contributed by atoms with van der Waals surface area (Å²) in [6.07, 6.45) is 0. The van der Waals surface area contributed by atoms with Crippen molar-refractivity contribution in [3.63, 3.8) is 0 Å². The summed E-state index contributed by atoms with van der Waals surface area (Å²) in [6, 6.07) is 12.4. The lowest BCUT2D eigenvalue weighted by Crippen LogP contribution is -2.20. The molecule has 1 atom stereocenters. The molecule has 0 heterocycles. The molecule has 0 aromatic heterocycles. The molecular weight excluding hydrogens is 269 g/mol. The van der Waals surface area contributed by atoms with Crippen LogP contribution < -0.4 is 14.8 Å². The van der Waals surface area contributed by atoms with Crippen molar-refractivity contribution in [2.24, 2.45) is 0 Å². The lowest BCUT2D eigenvalue weighted by Gasteiger charge is -2.18. The Kier molecular flexibility index (Phi) is 5.17. The molecular formula is C17H20FNO2. The summed E-state index contributed by atoms with van der Waals surface area (Å²) in [5.41, 5.74) is 1.57. The highest BCUT2D eigenvalue weighted by Crippen LogP contribution is 2.28. The van der Waals surface area contributed by atoms with Crippen molar-refractivity contribution in [2.75, 3.05) is 14.2 Å². The van der Waals surface area contributed by atoms with Crippen LogP contribution in [-0.2, 0) is 6.54 Å². The molecule has 0 amide bonds. The fourth-order valence-corrected chi connectivity index (χ4v) is 2.33. The Morgan fingerprint density at radius 2 is 1.67 bits per heavy atom. The third-order valence-corrected chi connectivity index (χ3v) is 3.46. The van der Waals surface area contributed by atoms with Crippen LogP contribution >= 0.6 is 0 Å². The smallest absolute Gasteiger partial charge is 0.131 e. The number of benzene rings is 2. The molecule has 0 aliphatic heterocycles. The lowest BCUT2D eigenvalue weighted by atomic mass is 10.1. The average molecular weight is 289 g/mol. The third kappa shape index (κ3) is 3.52. The van der Waals surface area contributed by atoms with E-state index in [1.165, 1.54) is 6.07 Å². The standard InChI is InChI=1S/C17H20FNO2/c1-12(17-14(18)8-6-10-16(17)21-3)19-11-13-7-4-5-9-15(13)20-2/h4-10,12,19H,11H2,1-3H3. The van der Waals surface area contributed by atoms with Gasteiger partial charge in [0.25, 0.3) is 0 Å². The molecule has 2 aromatic carbocycles. The zero-order chi connectivity index (χ0) is 15.2. The Morgan fingerprint density at radius 3 is 2.38 bits per heavy atom. The fourth-order valence-electron chi connectivity index (χ4n) is 2.33. The molecule has 0 radical (unpaired) electrons. The van der Waals surface area contributed by atoms with Crippen molar-refractivity contribution in [3.8, 4) is 11.5 Å². The molecule has 0 aliphatic rings. The van der Waals surface area contributed by atoms with Gasteiger partial charge in [-0.05, 0) is 25.1 Å². The summed E-state index contributed by atoms with van der Waals surface area (Å²) in [6.45, 7) is 2.50. The van der Waals surface area contributed by atoms with Gasteiger partial charge in [-0.25, -0.2) is 4.39 Å². The van der Waals surface area contributed by atoms with Crippen molar-refractivity contribution in [1.82, 2.24) is 5.32 Å². The van der Waals surface area contributed by atoms with Crippen molar-refractivity contribution < 1.29 is 13.9 Å². The van der Waals surface area contributed by atoms with Gasteiger partial charge < -0.3 is 14.8 Å². The molecule has 0 bridgehead atoms. The Hall–Kier alpha value is -2.07. The van der Waals surface area contributed by atoms with Crippen LogP contribution in [0.3, 0.4) is 0 Å². The zero-order valence-corrected chi connectivity index (χ0v) is 12.5. The highest BCUT2D eigenvalue weighted by Gasteiger charge is 2.16. The molecule has 3 nitrogen and oxygen atoms in total. The maximum atomic E-state index is 14.0. The van der Waals surface area contributed by atoms with Gasteiger partial charge >= 0.3 is 0 Å². The summed E-state index contributed by atoms with van der Waals surface area (Å²) in [5, 5.41) is 3.31. The van der Waals surface area contributed by atoms with E-state index in [0.29, 0.717) is 17.9 Å². The molecule has 0 fully saturated rings. The summed E-state index contributed by atoms with van der Waals surface area (Å²) in [4.78, 5) is 0. The predicted molar refractivity (Wildman–Crippen MR) is 81.2 cm³/mol. The quantitative estimate of drug-likeness (QED) is 0.879. The molecule has 1 N–H and O–H groups in total. The maximum absolute atomic E-state index is 14.0. The van der Waals surface area contributed by atoms with Crippen LogP contribution in [0.4, 0.5) is 4.39 Å². The van der Waals surface area contributed by atoms with Crippen LogP contribution in [0.5, 0.6) is 11.5 Å². The number of halogens is 1. The summed E-state index contributed by atoms with van der Waals surface area (Å²) in [7, 11) is 3.19. The van der Waals surface area contributed by atoms with E-state index >= 15 is 0 Å². The first-order chi connectivity index (χ1) is 10.2. The number of nitrogens with one attached hydrogen (secondary N) is 1. The van der Waals surface area contributed by atoms with E-state index in [4.69, 9.17) is 9.47 Å². The van der Waals surface area contributed by atoms with Crippen LogP contribution in [0, 0.1) is 5.82 Å². The van der Waals surface area contributed by atoms with Crippen molar-refractivity contribution in [3.05, 3.63) is 59.4 Å². The first-order valence-corrected chi connectivity index (χ1v) is 6.85. The minimum absolute atomic E-state index is 0.175. The van der Waals surface area contributed by atoms with Gasteiger partial charge in [0.2, 0.25) is 0 Å². The van der Waals surface area contributed by atoms with Gasteiger partial charge in [0.15, 0.2) is 0 Å². The van der Waals surface area contributed by atoms with Crippen LogP contribution in [0.2, 0.25) is 0 Å². The molecule has 2 aromatic rings. The third-order valence-electron chi connectivity index (χ3n) is 3.46.